The van der Waals surface area contributed by atoms with Gasteiger partial charge in [-0.25, -0.2) is 0 Å². The summed E-state index contributed by atoms with van der Waals surface area (Å²) in [4.78, 5) is 21.3. The van der Waals surface area contributed by atoms with Crippen LogP contribution in [0.4, 0.5) is 5.69 Å². The van der Waals surface area contributed by atoms with Crippen molar-refractivity contribution in [3.8, 4) is 0 Å². The topological polar surface area (TPSA) is 47.9 Å². The predicted octanol–water partition coefficient (Wildman–Crippen LogP) is 3.53. The number of carbonyl (C=O) groups excluding carboxylic acids is 1. The Bertz CT molecular complexity index is 653. The van der Waals surface area contributed by atoms with E-state index in [2.05, 4.69) is 41.2 Å². The second-order valence-electron chi connectivity index (χ2n) is 7.85. The Morgan fingerprint density at radius 1 is 1.22 bits per heavy atom. The maximum absolute atomic E-state index is 12.6. The summed E-state index contributed by atoms with van der Waals surface area (Å²) in [7, 11) is 1.85. The fourth-order valence-electron chi connectivity index (χ4n) is 4.34. The number of carbonyl (C=O) groups is 1. The van der Waals surface area contributed by atoms with Crippen LogP contribution >= 0.6 is 24.0 Å². The highest BCUT2D eigenvalue weighted by atomic mass is 127. The van der Waals surface area contributed by atoms with Crippen LogP contribution in [0.5, 0.6) is 0 Å². The Morgan fingerprint density at radius 2 is 1.93 bits per heavy atom. The summed E-state index contributed by atoms with van der Waals surface area (Å²) in [6, 6.07) is 8.23. The quantitative estimate of drug-likeness (QED) is 0.308. The van der Waals surface area contributed by atoms with Gasteiger partial charge in [0.2, 0.25) is 5.91 Å². The van der Waals surface area contributed by atoms with E-state index in [1.54, 1.807) is 0 Å². The molecule has 1 aromatic carbocycles. The first-order valence-electron chi connectivity index (χ1n) is 9.92. The molecular weight excluding hydrogens is 451 g/mol. The Kier molecular flexibility index (Phi) is 8.38. The van der Waals surface area contributed by atoms with Crippen LogP contribution in [-0.2, 0) is 11.2 Å². The molecule has 0 aliphatic carbocycles. The van der Waals surface area contributed by atoms with Crippen molar-refractivity contribution < 1.29 is 4.79 Å². The minimum absolute atomic E-state index is 0. The summed E-state index contributed by atoms with van der Waals surface area (Å²) in [6.07, 6.45) is 3.66. The summed E-state index contributed by atoms with van der Waals surface area (Å²) in [5.41, 5.74) is 2.38. The number of nitrogens with zero attached hydrogens (tertiary/aromatic N) is 3. The normalized spacial score (nSPS) is 22.3. The van der Waals surface area contributed by atoms with E-state index < -0.39 is 0 Å². The number of hydrogen-bond acceptors (Lipinski definition) is 2. The molecule has 1 saturated heterocycles. The molecule has 2 unspecified atom stereocenters. The molecule has 3 rings (SSSR count). The number of aliphatic imine (C=N–C) groups is 1. The number of benzene rings is 1. The van der Waals surface area contributed by atoms with Crippen LogP contribution in [0.1, 0.15) is 38.7 Å². The first kappa shape index (κ1) is 22.0. The molecule has 0 aromatic heterocycles. The lowest BCUT2D eigenvalue weighted by atomic mass is 9.92. The van der Waals surface area contributed by atoms with E-state index in [9.17, 15) is 4.79 Å². The van der Waals surface area contributed by atoms with Crippen molar-refractivity contribution >= 4 is 41.5 Å². The number of rotatable bonds is 4. The van der Waals surface area contributed by atoms with E-state index >= 15 is 0 Å². The van der Waals surface area contributed by atoms with Crippen molar-refractivity contribution in [3.05, 3.63) is 29.8 Å². The average Bonchev–Trinajstić information content (AvgIpc) is 3.05. The number of piperidine rings is 1. The molecule has 0 saturated carbocycles. The molecular formula is C21H33IN4O. The highest BCUT2D eigenvalue weighted by molar-refractivity contribution is 14.0. The first-order chi connectivity index (χ1) is 12.6. The number of amides is 1. The minimum Gasteiger partial charge on any atom is -0.356 e. The zero-order chi connectivity index (χ0) is 18.5. The van der Waals surface area contributed by atoms with Crippen molar-refractivity contribution in [1.29, 1.82) is 0 Å². The highest BCUT2D eigenvalue weighted by Crippen LogP contribution is 2.28. The van der Waals surface area contributed by atoms with Crippen LogP contribution < -0.4 is 10.2 Å². The van der Waals surface area contributed by atoms with Gasteiger partial charge in [0.25, 0.3) is 0 Å². The largest absolute Gasteiger partial charge is 0.356 e. The molecule has 2 aliphatic rings. The van der Waals surface area contributed by atoms with Gasteiger partial charge in [-0.2, -0.15) is 0 Å². The summed E-state index contributed by atoms with van der Waals surface area (Å²) >= 11 is 0. The second kappa shape index (κ2) is 10.3. The van der Waals surface area contributed by atoms with Crippen molar-refractivity contribution in [2.75, 3.05) is 38.1 Å². The molecule has 0 bridgehead atoms. The van der Waals surface area contributed by atoms with Gasteiger partial charge in [-0.05, 0) is 42.7 Å². The Balaban J connectivity index is 0.00000261. The van der Waals surface area contributed by atoms with E-state index in [4.69, 9.17) is 0 Å². The third-order valence-electron chi connectivity index (χ3n) is 5.42. The fourth-order valence-corrected chi connectivity index (χ4v) is 4.34. The van der Waals surface area contributed by atoms with Crippen LogP contribution in [0.3, 0.4) is 0 Å². The maximum atomic E-state index is 12.6. The summed E-state index contributed by atoms with van der Waals surface area (Å²) < 4.78 is 0. The van der Waals surface area contributed by atoms with Gasteiger partial charge < -0.3 is 15.1 Å². The second-order valence-corrected chi connectivity index (χ2v) is 7.85. The van der Waals surface area contributed by atoms with E-state index in [0.29, 0.717) is 18.3 Å². The van der Waals surface area contributed by atoms with Crippen LogP contribution in [-0.4, -0.2) is 50.0 Å². The number of halogens is 1. The molecule has 1 fully saturated rings. The lowest BCUT2D eigenvalue weighted by molar-refractivity contribution is -0.118. The van der Waals surface area contributed by atoms with Crippen LogP contribution in [0, 0.1) is 11.8 Å². The van der Waals surface area contributed by atoms with Crippen LogP contribution in [0.2, 0.25) is 0 Å². The zero-order valence-corrected chi connectivity index (χ0v) is 19.1. The van der Waals surface area contributed by atoms with E-state index in [-0.39, 0.29) is 29.9 Å². The molecule has 2 aliphatic heterocycles. The molecule has 0 spiro atoms. The monoisotopic (exact) mass is 484 g/mol. The van der Waals surface area contributed by atoms with E-state index in [1.165, 1.54) is 12.0 Å². The SMILES string of the molecule is CN=C(NCCCC(=O)N1CCc2ccccc21)N1CC(C)CC(C)C1.I. The zero-order valence-electron chi connectivity index (χ0n) is 16.8. The van der Waals surface area contributed by atoms with Gasteiger partial charge in [0.1, 0.15) is 0 Å². The number of para-hydroxylation sites is 1. The summed E-state index contributed by atoms with van der Waals surface area (Å²) in [5.74, 6) is 2.61. The third-order valence-corrected chi connectivity index (χ3v) is 5.42. The van der Waals surface area contributed by atoms with E-state index in [1.807, 2.05) is 24.1 Å². The molecule has 0 radical (unpaired) electrons. The molecule has 150 valence electrons. The van der Waals surface area contributed by atoms with Gasteiger partial charge >= 0.3 is 0 Å². The number of guanidine groups is 1. The summed E-state index contributed by atoms with van der Waals surface area (Å²) in [6.45, 7) is 8.34. The van der Waals surface area contributed by atoms with Gasteiger partial charge in [-0.3, -0.25) is 9.79 Å². The first-order valence-corrected chi connectivity index (χ1v) is 9.92. The number of nitrogens with one attached hydrogen (secondary N) is 1. The van der Waals surface area contributed by atoms with Crippen LogP contribution in [0.15, 0.2) is 29.3 Å². The predicted molar refractivity (Wildman–Crippen MR) is 123 cm³/mol. The Labute approximate surface area is 180 Å². The third kappa shape index (κ3) is 5.59. The molecule has 1 aromatic rings. The fraction of sp³-hybridized carbons (Fsp3) is 0.619. The molecule has 2 atom stereocenters. The maximum Gasteiger partial charge on any atom is 0.227 e. The Morgan fingerprint density at radius 3 is 2.63 bits per heavy atom. The number of likely N-dealkylation sites (tertiary alicyclic amines) is 1. The van der Waals surface area contributed by atoms with Crippen molar-refractivity contribution in [2.45, 2.75) is 39.5 Å². The smallest absolute Gasteiger partial charge is 0.227 e. The van der Waals surface area contributed by atoms with Gasteiger partial charge in [-0.15, -0.1) is 24.0 Å². The lowest BCUT2D eigenvalue weighted by Crippen LogP contribution is -2.48. The molecule has 1 amide bonds. The van der Waals surface area contributed by atoms with Gasteiger partial charge in [-0.1, -0.05) is 32.0 Å². The standard InChI is InChI=1S/C21H32N4O.HI/c1-16-13-17(2)15-24(14-16)21(22-3)23-11-6-9-20(26)25-12-10-18-7-4-5-8-19(18)25;/h4-5,7-8,16-17H,6,9-15H2,1-3H3,(H,22,23);1H. The Hall–Kier alpha value is -1.31. The molecule has 2 heterocycles. The van der Waals surface area contributed by atoms with Gasteiger partial charge in [0, 0.05) is 45.3 Å². The number of fused-ring (bicyclic) bond motifs is 1. The van der Waals surface area contributed by atoms with Crippen molar-refractivity contribution in [1.82, 2.24) is 10.2 Å². The highest BCUT2D eigenvalue weighted by Gasteiger charge is 2.25. The molecule has 1 N–H and O–H groups in total. The average molecular weight is 484 g/mol. The minimum atomic E-state index is 0. The van der Waals surface area contributed by atoms with Gasteiger partial charge in [0.15, 0.2) is 5.96 Å². The van der Waals surface area contributed by atoms with Gasteiger partial charge in [0.05, 0.1) is 0 Å². The summed E-state index contributed by atoms with van der Waals surface area (Å²) in [5, 5.41) is 3.45. The lowest BCUT2D eigenvalue weighted by Gasteiger charge is -2.37. The number of anilines is 1. The van der Waals surface area contributed by atoms with Crippen LogP contribution in [0.25, 0.3) is 0 Å². The molecule has 27 heavy (non-hydrogen) atoms. The van der Waals surface area contributed by atoms with Crippen molar-refractivity contribution in [2.24, 2.45) is 16.8 Å². The van der Waals surface area contributed by atoms with E-state index in [0.717, 1.165) is 50.7 Å². The van der Waals surface area contributed by atoms with Crippen molar-refractivity contribution in [3.63, 3.8) is 0 Å². The molecule has 5 nitrogen and oxygen atoms in total. The molecule has 6 heteroatoms. The number of hydrogen-bond donors (Lipinski definition) is 1.